The lowest BCUT2D eigenvalue weighted by atomic mass is 10.2. The Hall–Kier alpha value is -2.54. The van der Waals surface area contributed by atoms with E-state index in [1.54, 1.807) is 29.1 Å². The molecule has 0 saturated carbocycles. The van der Waals surface area contributed by atoms with Gasteiger partial charge in [-0.25, -0.2) is 13.5 Å². The van der Waals surface area contributed by atoms with E-state index in [-0.39, 0.29) is 17.9 Å². The third kappa shape index (κ3) is 3.68. The third-order valence-corrected chi connectivity index (χ3v) is 4.03. The van der Waals surface area contributed by atoms with Crippen LogP contribution in [0.4, 0.5) is 8.78 Å². The molecule has 0 fully saturated rings. The Morgan fingerprint density at radius 1 is 1.08 bits per heavy atom. The van der Waals surface area contributed by atoms with E-state index < -0.39 is 11.7 Å². The standard InChI is InChI=1S/C17H12BrF2N3O/c18-16-6-3-12(20)9-15(16)17(24)21-10-13-7-8-23(22-13)14-4-1-11(19)2-5-14/h1-9H,10H2,(H,21,24). The Kier molecular flexibility index (Phi) is 4.71. The normalized spacial score (nSPS) is 10.6. The lowest BCUT2D eigenvalue weighted by Crippen LogP contribution is -2.23. The molecule has 1 heterocycles. The molecule has 0 unspecified atom stereocenters. The highest BCUT2D eigenvalue weighted by molar-refractivity contribution is 9.10. The van der Waals surface area contributed by atoms with Crippen LogP contribution in [0.3, 0.4) is 0 Å². The fraction of sp³-hybridized carbons (Fsp3) is 0.0588. The van der Waals surface area contributed by atoms with Gasteiger partial charge in [0.15, 0.2) is 0 Å². The second-order valence-electron chi connectivity index (χ2n) is 5.03. The van der Waals surface area contributed by atoms with Gasteiger partial charge in [-0.15, -0.1) is 0 Å². The number of benzene rings is 2. The second kappa shape index (κ2) is 6.92. The maximum atomic E-state index is 13.2. The second-order valence-corrected chi connectivity index (χ2v) is 5.89. The van der Waals surface area contributed by atoms with Gasteiger partial charge in [-0.1, -0.05) is 0 Å². The van der Waals surface area contributed by atoms with Crippen LogP contribution in [-0.4, -0.2) is 15.7 Å². The van der Waals surface area contributed by atoms with Gasteiger partial charge in [0, 0.05) is 10.7 Å². The molecule has 24 heavy (non-hydrogen) atoms. The number of nitrogens with zero attached hydrogens (tertiary/aromatic N) is 2. The first-order valence-electron chi connectivity index (χ1n) is 7.06. The molecule has 7 heteroatoms. The van der Waals surface area contributed by atoms with Crippen LogP contribution in [-0.2, 0) is 6.54 Å². The molecular weight excluding hydrogens is 380 g/mol. The first kappa shape index (κ1) is 16.3. The summed E-state index contributed by atoms with van der Waals surface area (Å²) in [6.45, 7) is 0.190. The van der Waals surface area contributed by atoms with Gasteiger partial charge in [0.05, 0.1) is 23.5 Å². The Labute approximate surface area is 145 Å². The quantitative estimate of drug-likeness (QED) is 0.734. The molecule has 0 aliphatic carbocycles. The van der Waals surface area contributed by atoms with Gasteiger partial charge in [0.1, 0.15) is 11.6 Å². The largest absolute Gasteiger partial charge is 0.346 e. The first-order chi connectivity index (χ1) is 11.5. The Balaban J connectivity index is 1.68. The van der Waals surface area contributed by atoms with Crippen molar-refractivity contribution < 1.29 is 13.6 Å². The van der Waals surface area contributed by atoms with Crippen LogP contribution >= 0.6 is 15.9 Å². The summed E-state index contributed by atoms with van der Waals surface area (Å²) in [6.07, 6.45) is 1.72. The van der Waals surface area contributed by atoms with Crippen molar-refractivity contribution in [2.24, 2.45) is 0 Å². The number of aromatic nitrogens is 2. The minimum Gasteiger partial charge on any atom is -0.346 e. The zero-order chi connectivity index (χ0) is 17.1. The summed E-state index contributed by atoms with van der Waals surface area (Å²) < 4.78 is 28.3. The van der Waals surface area contributed by atoms with Crippen LogP contribution in [0, 0.1) is 11.6 Å². The Morgan fingerprint density at radius 2 is 1.79 bits per heavy atom. The number of carbonyl (C=O) groups excluding carboxylic acids is 1. The number of hydrogen-bond donors (Lipinski definition) is 1. The molecule has 3 rings (SSSR count). The predicted octanol–water partition coefficient (Wildman–Crippen LogP) is 3.84. The molecular formula is C17H12BrF2N3O. The molecule has 0 radical (unpaired) electrons. The molecule has 1 amide bonds. The fourth-order valence-electron chi connectivity index (χ4n) is 2.13. The molecule has 0 bridgehead atoms. The number of halogens is 3. The molecule has 0 saturated heterocycles. The van der Waals surface area contributed by atoms with Gasteiger partial charge in [0.25, 0.3) is 5.91 Å². The van der Waals surface area contributed by atoms with Crippen LogP contribution in [0.25, 0.3) is 5.69 Å². The SMILES string of the molecule is O=C(NCc1ccn(-c2ccc(F)cc2)n1)c1cc(F)ccc1Br. The maximum Gasteiger partial charge on any atom is 0.252 e. The van der Waals surface area contributed by atoms with Crippen molar-refractivity contribution in [2.75, 3.05) is 0 Å². The van der Waals surface area contributed by atoms with Gasteiger partial charge < -0.3 is 5.32 Å². The van der Waals surface area contributed by atoms with Gasteiger partial charge in [-0.2, -0.15) is 5.10 Å². The fourth-order valence-corrected chi connectivity index (χ4v) is 2.56. The minimum absolute atomic E-state index is 0.190. The van der Waals surface area contributed by atoms with Crippen molar-refractivity contribution in [3.63, 3.8) is 0 Å². The molecule has 2 aromatic carbocycles. The molecule has 122 valence electrons. The molecule has 4 nitrogen and oxygen atoms in total. The number of amides is 1. The summed E-state index contributed by atoms with van der Waals surface area (Å²) in [5, 5.41) is 7.00. The topological polar surface area (TPSA) is 46.9 Å². The van der Waals surface area contributed by atoms with E-state index in [9.17, 15) is 13.6 Å². The van der Waals surface area contributed by atoms with Crippen molar-refractivity contribution in [1.29, 1.82) is 0 Å². The summed E-state index contributed by atoms with van der Waals surface area (Å²) in [6, 6.07) is 11.6. The molecule has 0 aliphatic rings. The van der Waals surface area contributed by atoms with Crippen LogP contribution in [0.15, 0.2) is 59.2 Å². The third-order valence-electron chi connectivity index (χ3n) is 3.34. The van der Waals surface area contributed by atoms with Gasteiger partial charge >= 0.3 is 0 Å². The van der Waals surface area contributed by atoms with E-state index in [1.807, 2.05) is 0 Å². The molecule has 3 aromatic rings. The average Bonchev–Trinajstić information content (AvgIpc) is 3.04. The Morgan fingerprint density at radius 3 is 2.54 bits per heavy atom. The van der Waals surface area contributed by atoms with Gasteiger partial charge in [-0.05, 0) is 64.5 Å². The molecule has 0 aliphatic heterocycles. The summed E-state index contributed by atoms with van der Waals surface area (Å²) >= 11 is 3.22. The maximum absolute atomic E-state index is 13.2. The number of rotatable bonds is 4. The van der Waals surface area contributed by atoms with E-state index in [0.29, 0.717) is 15.9 Å². The minimum atomic E-state index is -0.482. The number of nitrogens with one attached hydrogen (secondary N) is 1. The zero-order valence-electron chi connectivity index (χ0n) is 12.3. The average molecular weight is 392 g/mol. The highest BCUT2D eigenvalue weighted by Gasteiger charge is 2.11. The van der Waals surface area contributed by atoms with Gasteiger partial charge in [0.2, 0.25) is 0 Å². The van der Waals surface area contributed by atoms with E-state index in [1.165, 1.54) is 24.3 Å². The van der Waals surface area contributed by atoms with Crippen molar-refractivity contribution in [2.45, 2.75) is 6.54 Å². The van der Waals surface area contributed by atoms with Crippen molar-refractivity contribution in [1.82, 2.24) is 15.1 Å². The van der Waals surface area contributed by atoms with Crippen LogP contribution in [0.1, 0.15) is 16.1 Å². The Bertz CT molecular complexity index is 878. The summed E-state index contributed by atoms with van der Waals surface area (Å²) in [5.74, 6) is -1.21. The number of carbonyl (C=O) groups is 1. The van der Waals surface area contributed by atoms with Crippen molar-refractivity contribution in [3.8, 4) is 5.69 Å². The predicted molar refractivity (Wildman–Crippen MR) is 88.8 cm³/mol. The first-order valence-corrected chi connectivity index (χ1v) is 7.86. The van der Waals surface area contributed by atoms with E-state index in [0.717, 1.165) is 6.07 Å². The molecule has 1 N–H and O–H groups in total. The van der Waals surface area contributed by atoms with Gasteiger partial charge in [-0.3, -0.25) is 4.79 Å². The molecule has 0 spiro atoms. The van der Waals surface area contributed by atoms with E-state index in [2.05, 4.69) is 26.3 Å². The molecule has 0 atom stereocenters. The van der Waals surface area contributed by atoms with Crippen molar-refractivity contribution in [3.05, 3.63) is 82.1 Å². The summed E-state index contributed by atoms with van der Waals surface area (Å²) in [7, 11) is 0. The van der Waals surface area contributed by atoms with Crippen molar-refractivity contribution >= 4 is 21.8 Å². The summed E-state index contributed by atoms with van der Waals surface area (Å²) in [5.41, 5.74) is 1.55. The number of hydrogen-bond acceptors (Lipinski definition) is 2. The monoisotopic (exact) mass is 391 g/mol. The van der Waals surface area contributed by atoms with E-state index >= 15 is 0 Å². The van der Waals surface area contributed by atoms with Crippen LogP contribution in [0.5, 0.6) is 0 Å². The summed E-state index contributed by atoms with van der Waals surface area (Å²) in [4.78, 5) is 12.1. The smallest absolute Gasteiger partial charge is 0.252 e. The highest BCUT2D eigenvalue weighted by Crippen LogP contribution is 2.18. The zero-order valence-corrected chi connectivity index (χ0v) is 13.9. The van der Waals surface area contributed by atoms with Crippen LogP contribution in [0.2, 0.25) is 0 Å². The lowest BCUT2D eigenvalue weighted by molar-refractivity contribution is 0.0949. The van der Waals surface area contributed by atoms with E-state index in [4.69, 9.17) is 0 Å². The molecule has 1 aromatic heterocycles. The highest BCUT2D eigenvalue weighted by atomic mass is 79.9. The van der Waals surface area contributed by atoms with Crippen LogP contribution < -0.4 is 5.32 Å². The lowest BCUT2D eigenvalue weighted by Gasteiger charge is -2.06.